The van der Waals surface area contributed by atoms with Crippen molar-refractivity contribution >= 4 is 23.4 Å². The van der Waals surface area contributed by atoms with E-state index < -0.39 is 10.8 Å². The van der Waals surface area contributed by atoms with Crippen molar-refractivity contribution < 1.29 is 19.2 Å². The molecule has 3 rings (SSSR count). The van der Waals surface area contributed by atoms with Gasteiger partial charge >= 0.3 is 0 Å². The Hall–Kier alpha value is -4.64. The van der Waals surface area contributed by atoms with Crippen molar-refractivity contribution in [1.29, 1.82) is 5.26 Å². The molecule has 0 aromatic heterocycles. The molecular formula is C26H23N3O5. The summed E-state index contributed by atoms with van der Waals surface area (Å²) in [7, 11) is 1.51. The first kappa shape index (κ1) is 24.0. The fourth-order valence-corrected chi connectivity index (χ4v) is 3.13. The Morgan fingerprint density at radius 2 is 1.88 bits per heavy atom. The third kappa shape index (κ3) is 6.20. The van der Waals surface area contributed by atoms with E-state index in [1.54, 1.807) is 42.5 Å². The summed E-state index contributed by atoms with van der Waals surface area (Å²) in [6.07, 6.45) is 2.31. The van der Waals surface area contributed by atoms with Crippen molar-refractivity contribution in [3.8, 4) is 17.6 Å². The lowest BCUT2D eigenvalue weighted by atomic mass is 10.1. The molecule has 0 bridgehead atoms. The molecule has 8 heteroatoms. The Kier molecular flexibility index (Phi) is 7.97. The van der Waals surface area contributed by atoms with Gasteiger partial charge in [0.2, 0.25) is 0 Å². The molecule has 0 aliphatic heterocycles. The number of nitrogens with one attached hydrogen (secondary N) is 1. The molecule has 0 spiro atoms. The maximum atomic E-state index is 12.7. The molecule has 0 radical (unpaired) electrons. The second-order valence-corrected chi connectivity index (χ2v) is 7.29. The van der Waals surface area contributed by atoms with Crippen LogP contribution in [0.1, 0.15) is 23.6 Å². The van der Waals surface area contributed by atoms with Gasteiger partial charge in [0.1, 0.15) is 29.7 Å². The maximum absolute atomic E-state index is 12.7. The second kappa shape index (κ2) is 11.3. The molecule has 172 valence electrons. The minimum Gasteiger partial charge on any atom is -0.497 e. The van der Waals surface area contributed by atoms with E-state index in [-0.39, 0.29) is 17.9 Å². The third-order valence-corrected chi connectivity index (χ3v) is 5.02. The summed E-state index contributed by atoms with van der Waals surface area (Å²) in [5, 5.41) is 23.3. The fraction of sp³-hybridized carbons (Fsp3) is 0.154. The molecule has 0 saturated heterocycles. The van der Waals surface area contributed by atoms with Crippen molar-refractivity contribution in [2.45, 2.75) is 20.0 Å². The molecule has 3 aromatic carbocycles. The van der Waals surface area contributed by atoms with E-state index in [0.29, 0.717) is 28.3 Å². The highest BCUT2D eigenvalue weighted by molar-refractivity contribution is 6.09. The average Bonchev–Trinajstić information content (AvgIpc) is 2.86. The van der Waals surface area contributed by atoms with Crippen LogP contribution in [-0.2, 0) is 17.8 Å². The Balaban J connectivity index is 1.84. The lowest BCUT2D eigenvalue weighted by Gasteiger charge is -2.12. The number of rotatable bonds is 9. The lowest BCUT2D eigenvalue weighted by Crippen LogP contribution is -2.13. The number of benzene rings is 3. The van der Waals surface area contributed by atoms with Crippen LogP contribution in [0.2, 0.25) is 0 Å². The van der Waals surface area contributed by atoms with Crippen LogP contribution < -0.4 is 14.8 Å². The Bertz CT molecular complexity index is 1260. The molecule has 0 heterocycles. The lowest BCUT2D eigenvalue weighted by molar-refractivity contribution is -0.384. The second-order valence-electron chi connectivity index (χ2n) is 7.29. The zero-order chi connectivity index (χ0) is 24.5. The number of hydrogen-bond acceptors (Lipinski definition) is 6. The first-order valence-corrected chi connectivity index (χ1v) is 10.5. The average molecular weight is 457 g/mol. The highest BCUT2D eigenvalue weighted by atomic mass is 16.6. The van der Waals surface area contributed by atoms with Gasteiger partial charge in [0.05, 0.1) is 12.0 Å². The minimum atomic E-state index is -0.549. The van der Waals surface area contributed by atoms with E-state index in [1.165, 1.54) is 25.3 Å². The van der Waals surface area contributed by atoms with E-state index in [9.17, 15) is 20.2 Å². The molecule has 1 amide bonds. The molecule has 0 saturated carbocycles. The summed E-state index contributed by atoms with van der Waals surface area (Å²) in [5.41, 5.74) is 2.66. The number of ether oxygens (including phenoxy) is 2. The summed E-state index contributed by atoms with van der Waals surface area (Å²) < 4.78 is 11.1. The van der Waals surface area contributed by atoms with Crippen LogP contribution in [0.25, 0.3) is 6.08 Å². The van der Waals surface area contributed by atoms with Crippen LogP contribution in [0.3, 0.4) is 0 Å². The number of carbonyl (C=O) groups excluding carboxylic acids is 1. The number of aryl methyl sites for hydroxylation is 1. The molecule has 0 fully saturated rings. The van der Waals surface area contributed by atoms with Crippen molar-refractivity contribution in [2.24, 2.45) is 0 Å². The molecule has 8 nitrogen and oxygen atoms in total. The van der Waals surface area contributed by atoms with Crippen molar-refractivity contribution in [3.05, 3.63) is 99.1 Å². The number of nitro benzene ring substituents is 1. The van der Waals surface area contributed by atoms with Gasteiger partial charge in [-0.25, -0.2) is 0 Å². The van der Waals surface area contributed by atoms with E-state index in [2.05, 4.69) is 5.32 Å². The Morgan fingerprint density at radius 1 is 1.12 bits per heavy atom. The molecule has 3 aromatic rings. The van der Waals surface area contributed by atoms with Gasteiger partial charge in [0.25, 0.3) is 11.6 Å². The predicted molar refractivity (Wildman–Crippen MR) is 128 cm³/mol. The van der Waals surface area contributed by atoms with Crippen LogP contribution in [-0.4, -0.2) is 17.9 Å². The first-order chi connectivity index (χ1) is 16.4. The topological polar surface area (TPSA) is 114 Å². The molecule has 34 heavy (non-hydrogen) atoms. The number of nitrogens with zero attached hydrogens (tertiary/aromatic N) is 2. The highest BCUT2D eigenvalue weighted by Crippen LogP contribution is 2.28. The smallest absolute Gasteiger partial charge is 0.269 e. The quantitative estimate of drug-likeness (QED) is 0.202. The Labute approximate surface area is 197 Å². The molecule has 0 atom stereocenters. The monoisotopic (exact) mass is 457 g/mol. The number of methoxy groups -OCH3 is 1. The van der Waals surface area contributed by atoms with Crippen molar-refractivity contribution in [2.75, 3.05) is 12.4 Å². The fourth-order valence-electron chi connectivity index (χ4n) is 3.13. The van der Waals surface area contributed by atoms with Crippen LogP contribution in [0, 0.1) is 21.4 Å². The zero-order valence-corrected chi connectivity index (χ0v) is 18.8. The zero-order valence-electron chi connectivity index (χ0n) is 18.8. The first-order valence-electron chi connectivity index (χ1n) is 10.5. The summed E-state index contributed by atoms with van der Waals surface area (Å²) in [4.78, 5) is 23.2. The van der Waals surface area contributed by atoms with Gasteiger partial charge in [-0.2, -0.15) is 5.26 Å². The van der Waals surface area contributed by atoms with Crippen LogP contribution >= 0.6 is 0 Å². The van der Waals surface area contributed by atoms with Crippen LogP contribution in [0.15, 0.2) is 72.3 Å². The Morgan fingerprint density at radius 3 is 2.53 bits per heavy atom. The predicted octanol–water partition coefficient (Wildman–Crippen LogP) is 5.29. The molecular weight excluding hydrogens is 434 g/mol. The van der Waals surface area contributed by atoms with Gasteiger partial charge < -0.3 is 14.8 Å². The van der Waals surface area contributed by atoms with Gasteiger partial charge in [-0.05, 0) is 47.9 Å². The number of nitriles is 1. The van der Waals surface area contributed by atoms with Gasteiger partial charge in [-0.15, -0.1) is 0 Å². The number of nitro groups is 1. The molecule has 0 unspecified atom stereocenters. The van der Waals surface area contributed by atoms with Crippen molar-refractivity contribution in [3.63, 3.8) is 0 Å². The summed E-state index contributed by atoms with van der Waals surface area (Å²) >= 11 is 0. The molecule has 0 aliphatic rings. The highest BCUT2D eigenvalue weighted by Gasteiger charge is 2.13. The molecule has 0 aliphatic carbocycles. The molecule has 1 N–H and O–H groups in total. The van der Waals surface area contributed by atoms with E-state index >= 15 is 0 Å². The summed E-state index contributed by atoms with van der Waals surface area (Å²) in [6, 6.07) is 20.4. The maximum Gasteiger partial charge on any atom is 0.269 e. The summed E-state index contributed by atoms with van der Waals surface area (Å²) in [6.45, 7) is 2.09. The van der Waals surface area contributed by atoms with Gasteiger partial charge in [-0.3, -0.25) is 14.9 Å². The van der Waals surface area contributed by atoms with E-state index in [1.807, 2.05) is 25.1 Å². The summed E-state index contributed by atoms with van der Waals surface area (Å²) in [5.74, 6) is 0.330. The van der Waals surface area contributed by atoms with Gasteiger partial charge in [-0.1, -0.05) is 31.2 Å². The van der Waals surface area contributed by atoms with Crippen LogP contribution in [0.4, 0.5) is 11.4 Å². The number of anilines is 1. The van der Waals surface area contributed by atoms with Gasteiger partial charge in [0.15, 0.2) is 0 Å². The van der Waals surface area contributed by atoms with Crippen LogP contribution in [0.5, 0.6) is 11.5 Å². The largest absolute Gasteiger partial charge is 0.497 e. The van der Waals surface area contributed by atoms with Gasteiger partial charge in [0, 0.05) is 29.4 Å². The number of non-ortho nitro benzene ring substituents is 1. The third-order valence-electron chi connectivity index (χ3n) is 5.02. The number of amides is 1. The normalized spacial score (nSPS) is 10.8. The number of hydrogen-bond donors (Lipinski definition) is 1. The van der Waals surface area contributed by atoms with Crippen molar-refractivity contribution in [1.82, 2.24) is 0 Å². The number of carbonyl (C=O) groups is 1. The minimum absolute atomic E-state index is 0.0396. The standard InChI is InChI=1S/C26H23N3O5/c1-3-18-7-10-22(11-8-18)28-26(30)21(16-27)14-20-9-12-24(33-2)15-25(20)34-17-19-5-4-6-23(13-19)29(31)32/h4-15H,3,17H2,1-2H3,(H,28,30)/b21-14+. The van der Waals surface area contributed by atoms with E-state index in [0.717, 1.165) is 12.0 Å². The van der Waals surface area contributed by atoms with E-state index in [4.69, 9.17) is 9.47 Å². The SMILES string of the molecule is CCc1ccc(NC(=O)/C(C#N)=C/c2ccc(OC)cc2OCc2cccc([N+](=O)[O-])c2)cc1.